The van der Waals surface area contributed by atoms with Gasteiger partial charge in [0.15, 0.2) is 5.79 Å². The molecular weight excluding hydrogens is 263 g/mol. The van der Waals surface area contributed by atoms with E-state index in [2.05, 4.69) is 0 Å². The summed E-state index contributed by atoms with van der Waals surface area (Å²) in [6.07, 6.45) is 0.789. The van der Waals surface area contributed by atoms with Crippen molar-refractivity contribution in [3.05, 3.63) is 29.6 Å². The van der Waals surface area contributed by atoms with Crippen molar-refractivity contribution in [2.45, 2.75) is 44.2 Å². The highest BCUT2D eigenvalue weighted by Crippen LogP contribution is 2.37. The average Bonchev–Trinajstić information content (AvgIpc) is 2.87. The molecule has 4 nitrogen and oxygen atoms in total. The number of benzene rings is 1. The van der Waals surface area contributed by atoms with Crippen LogP contribution in [0.25, 0.3) is 0 Å². The fourth-order valence-electron chi connectivity index (χ4n) is 2.84. The van der Waals surface area contributed by atoms with Crippen LogP contribution in [0.3, 0.4) is 0 Å². The molecule has 2 aliphatic rings. The van der Waals surface area contributed by atoms with Crippen LogP contribution in [0, 0.1) is 12.7 Å². The number of rotatable bonds is 2. The minimum atomic E-state index is -0.612. The summed E-state index contributed by atoms with van der Waals surface area (Å²) in [5, 5.41) is 10.1. The third-order valence-electron chi connectivity index (χ3n) is 3.99. The van der Waals surface area contributed by atoms with Crippen molar-refractivity contribution in [3.8, 4) is 5.75 Å². The lowest BCUT2D eigenvalue weighted by molar-refractivity contribution is -0.209. The predicted molar refractivity (Wildman–Crippen MR) is 70.0 cm³/mol. The Morgan fingerprint density at radius 3 is 2.80 bits per heavy atom. The molecule has 0 amide bonds. The van der Waals surface area contributed by atoms with Gasteiger partial charge in [-0.3, -0.25) is 0 Å². The second-order valence-corrected chi connectivity index (χ2v) is 5.49. The molecule has 1 saturated heterocycles. The lowest BCUT2D eigenvalue weighted by Crippen LogP contribution is -2.47. The Morgan fingerprint density at radius 2 is 2.10 bits per heavy atom. The minimum absolute atomic E-state index is 0.263. The lowest BCUT2D eigenvalue weighted by atomic mass is 9.89. The van der Waals surface area contributed by atoms with Crippen molar-refractivity contribution >= 4 is 0 Å². The van der Waals surface area contributed by atoms with E-state index in [0.717, 1.165) is 0 Å². The number of aryl methyl sites for hydroxylation is 1. The third-order valence-corrected chi connectivity index (χ3v) is 3.99. The van der Waals surface area contributed by atoms with Crippen LogP contribution in [0.5, 0.6) is 5.75 Å². The van der Waals surface area contributed by atoms with E-state index in [1.807, 2.05) is 0 Å². The van der Waals surface area contributed by atoms with Crippen LogP contribution in [0.2, 0.25) is 0 Å². The summed E-state index contributed by atoms with van der Waals surface area (Å²) in [6, 6.07) is 4.59. The first-order valence-corrected chi connectivity index (χ1v) is 6.97. The Hall–Kier alpha value is -1.17. The molecule has 1 aromatic carbocycles. The predicted octanol–water partition coefficient (Wildman–Crippen LogP) is 2.17. The van der Waals surface area contributed by atoms with Crippen LogP contribution in [0.15, 0.2) is 18.2 Å². The van der Waals surface area contributed by atoms with Crippen LogP contribution in [0.4, 0.5) is 4.39 Å². The molecule has 0 bridgehead atoms. The van der Waals surface area contributed by atoms with Crippen molar-refractivity contribution in [2.75, 3.05) is 13.2 Å². The van der Waals surface area contributed by atoms with Gasteiger partial charge in [0.05, 0.1) is 19.3 Å². The number of aliphatic hydroxyl groups is 1. The molecule has 1 aliphatic carbocycles. The van der Waals surface area contributed by atoms with Crippen LogP contribution in [-0.4, -0.2) is 36.3 Å². The van der Waals surface area contributed by atoms with Gasteiger partial charge in [0.2, 0.25) is 0 Å². The van der Waals surface area contributed by atoms with E-state index in [1.54, 1.807) is 19.1 Å². The van der Waals surface area contributed by atoms with Gasteiger partial charge < -0.3 is 19.3 Å². The molecule has 110 valence electrons. The lowest BCUT2D eigenvalue weighted by Gasteiger charge is -2.38. The first kappa shape index (κ1) is 13.8. The molecule has 1 spiro atoms. The standard InChI is InChI=1S/C15H19FO4/c1-10-8-11(2-3-12(10)16)20-14-9-15(5-4-13(14)17)18-6-7-19-15/h2-3,8,13-14,17H,4-7,9H2,1H3. The molecule has 1 aliphatic heterocycles. The molecule has 20 heavy (non-hydrogen) atoms. The van der Waals surface area contributed by atoms with Crippen molar-refractivity contribution in [1.29, 1.82) is 0 Å². The Kier molecular flexibility index (Phi) is 3.67. The van der Waals surface area contributed by atoms with E-state index >= 15 is 0 Å². The molecule has 0 radical (unpaired) electrons. The van der Waals surface area contributed by atoms with Gasteiger partial charge >= 0.3 is 0 Å². The zero-order chi connectivity index (χ0) is 14.2. The van der Waals surface area contributed by atoms with Gasteiger partial charge in [-0.1, -0.05) is 0 Å². The van der Waals surface area contributed by atoms with Crippen molar-refractivity contribution in [1.82, 2.24) is 0 Å². The highest BCUT2D eigenvalue weighted by molar-refractivity contribution is 5.29. The first-order chi connectivity index (χ1) is 9.58. The van der Waals surface area contributed by atoms with Crippen molar-refractivity contribution in [3.63, 3.8) is 0 Å². The second-order valence-electron chi connectivity index (χ2n) is 5.49. The summed E-state index contributed by atoms with van der Waals surface area (Å²) in [6.45, 7) is 2.85. The zero-order valence-electron chi connectivity index (χ0n) is 11.5. The van der Waals surface area contributed by atoms with E-state index in [1.165, 1.54) is 6.07 Å². The Morgan fingerprint density at radius 1 is 1.35 bits per heavy atom. The van der Waals surface area contributed by atoms with Crippen molar-refractivity contribution in [2.24, 2.45) is 0 Å². The number of halogens is 1. The van der Waals surface area contributed by atoms with E-state index in [-0.39, 0.29) is 5.82 Å². The summed E-state index contributed by atoms with van der Waals surface area (Å²) in [5.74, 6) is -0.317. The molecule has 0 aromatic heterocycles. The van der Waals surface area contributed by atoms with Gasteiger partial charge in [0.1, 0.15) is 17.7 Å². The number of ether oxygens (including phenoxy) is 3. The first-order valence-electron chi connectivity index (χ1n) is 6.97. The molecule has 1 N–H and O–H groups in total. The third kappa shape index (κ3) is 2.66. The summed E-state index contributed by atoms with van der Waals surface area (Å²) in [5.41, 5.74) is 0.524. The van der Waals surface area contributed by atoms with E-state index < -0.39 is 18.0 Å². The SMILES string of the molecule is Cc1cc(OC2CC3(CCC2O)OCCO3)ccc1F. The van der Waals surface area contributed by atoms with Crippen LogP contribution >= 0.6 is 0 Å². The number of aliphatic hydroxyl groups excluding tert-OH is 1. The van der Waals surface area contributed by atoms with E-state index in [9.17, 15) is 9.50 Å². The van der Waals surface area contributed by atoms with Crippen LogP contribution in [0.1, 0.15) is 24.8 Å². The molecule has 2 atom stereocenters. The zero-order valence-corrected chi connectivity index (χ0v) is 11.5. The maximum absolute atomic E-state index is 13.2. The molecule has 2 fully saturated rings. The quantitative estimate of drug-likeness (QED) is 0.903. The fourth-order valence-corrected chi connectivity index (χ4v) is 2.84. The van der Waals surface area contributed by atoms with Crippen molar-refractivity contribution < 1.29 is 23.7 Å². The molecule has 1 saturated carbocycles. The van der Waals surface area contributed by atoms with Gasteiger partial charge in [-0.05, 0) is 37.1 Å². The van der Waals surface area contributed by atoms with E-state index in [4.69, 9.17) is 14.2 Å². The highest BCUT2D eigenvalue weighted by Gasteiger charge is 2.45. The van der Waals surface area contributed by atoms with Gasteiger partial charge in [-0.2, -0.15) is 0 Å². The van der Waals surface area contributed by atoms with Gasteiger partial charge in [-0.25, -0.2) is 4.39 Å². The second kappa shape index (κ2) is 5.31. The maximum atomic E-state index is 13.2. The summed E-state index contributed by atoms with van der Waals surface area (Å²) >= 11 is 0. The molecule has 5 heteroatoms. The molecule has 2 unspecified atom stereocenters. The average molecular weight is 282 g/mol. The number of hydrogen-bond acceptors (Lipinski definition) is 4. The Balaban J connectivity index is 1.72. The molecule has 1 heterocycles. The molecule has 3 rings (SSSR count). The normalized spacial score (nSPS) is 28.8. The summed E-state index contributed by atoms with van der Waals surface area (Å²) in [4.78, 5) is 0. The minimum Gasteiger partial charge on any atom is -0.488 e. The largest absolute Gasteiger partial charge is 0.488 e. The highest BCUT2D eigenvalue weighted by atomic mass is 19.1. The van der Waals surface area contributed by atoms with Gasteiger partial charge in [-0.15, -0.1) is 0 Å². The maximum Gasteiger partial charge on any atom is 0.172 e. The van der Waals surface area contributed by atoms with Gasteiger partial charge in [0, 0.05) is 12.8 Å². The van der Waals surface area contributed by atoms with Crippen LogP contribution < -0.4 is 4.74 Å². The molecular formula is C15H19FO4. The van der Waals surface area contributed by atoms with Gasteiger partial charge in [0.25, 0.3) is 0 Å². The molecule has 1 aromatic rings. The Labute approximate surface area is 117 Å². The Bertz CT molecular complexity index is 485. The topological polar surface area (TPSA) is 47.9 Å². The van der Waals surface area contributed by atoms with E-state index in [0.29, 0.717) is 43.8 Å². The summed E-state index contributed by atoms with van der Waals surface area (Å²) < 4.78 is 30.4. The smallest absolute Gasteiger partial charge is 0.172 e. The number of hydrogen-bond donors (Lipinski definition) is 1. The summed E-state index contributed by atoms with van der Waals surface area (Å²) in [7, 11) is 0. The monoisotopic (exact) mass is 282 g/mol. The van der Waals surface area contributed by atoms with Crippen LogP contribution in [-0.2, 0) is 9.47 Å². The fraction of sp³-hybridized carbons (Fsp3) is 0.600.